The van der Waals surface area contributed by atoms with Crippen LogP contribution in [0.3, 0.4) is 0 Å². The van der Waals surface area contributed by atoms with Crippen LogP contribution in [0.15, 0.2) is 42.5 Å². The molecule has 2 aliphatic rings. The zero-order chi connectivity index (χ0) is 27.5. The van der Waals surface area contributed by atoms with E-state index in [1.54, 1.807) is 31.4 Å². The number of ether oxygens (including phenoxy) is 1. The van der Waals surface area contributed by atoms with Crippen molar-refractivity contribution in [1.29, 1.82) is 5.26 Å². The van der Waals surface area contributed by atoms with E-state index in [1.165, 1.54) is 6.07 Å². The van der Waals surface area contributed by atoms with E-state index in [0.717, 1.165) is 24.8 Å². The number of nitrogens with zero attached hydrogens (tertiary/aromatic N) is 1. The fourth-order valence-electron chi connectivity index (χ4n) is 4.81. The van der Waals surface area contributed by atoms with Crippen molar-refractivity contribution in [3.63, 3.8) is 0 Å². The van der Waals surface area contributed by atoms with Crippen LogP contribution in [0, 0.1) is 23.1 Å². The van der Waals surface area contributed by atoms with Crippen molar-refractivity contribution in [2.45, 2.75) is 75.3 Å². The summed E-state index contributed by atoms with van der Waals surface area (Å²) in [7, 11) is 0.126. The van der Waals surface area contributed by atoms with E-state index < -0.39 is 33.1 Å². The number of hydrogen-bond donors (Lipinski definition) is 3. The second-order valence-electron chi connectivity index (χ2n) is 11.3. The van der Waals surface area contributed by atoms with Gasteiger partial charge in [0.05, 0.1) is 50.7 Å². The largest absolute Gasteiger partial charge is 0.380 e. The third kappa shape index (κ3) is 6.49. The second-order valence-corrected chi connectivity index (χ2v) is 13.3. The van der Waals surface area contributed by atoms with E-state index in [9.17, 15) is 14.3 Å². The zero-order valence-electron chi connectivity index (χ0n) is 22.5. The van der Waals surface area contributed by atoms with Gasteiger partial charge in [-0.05, 0) is 81.3 Å². The Morgan fingerprint density at radius 1 is 1.21 bits per heavy atom. The van der Waals surface area contributed by atoms with Crippen LogP contribution in [0.2, 0.25) is 0 Å². The van der Waals surface area contributed by atoms with Gasteiger partial charge in [-0.15, -0.1) is 0 Å². The molecule has 2 fully saturated rings. The Hall–Kier alpha value is -2.64. The van der Waals surface area contributed by atoms with E-state index in [4.69, 9.17) is 4.74 Å². The molecular weight excluding hydrogens is 503 g/mol. The topological polar surface area (TPSA) is 103 Å². The first-order chi connectivity index (χ1) is 18.1. The summed E-state index contributed by atoms with van der Waals surface area (Å²) in [6.45, 7) is 6.24. The monoisotopic (exact) mass is 540 g/mol. The van der Waals surface area contributed by atoms with Gasteiger partial charge in [-0.3, -0.25) is 4.79 Å². The molecule has 3 N–H and O–H groups in total. The maximum absolute atomic E-state index is 15.1. The molecule has 2 unspecified atom stereocenters. The molecule has 4 atom stereocenters. The molecule has 1 aliphatic heterocycles. The molecule has 2 aromatic rings. The van der Waals surface area contributed by atoms with E-state index in [-0.39, 0.29) is 17.7 Å². The Kier molecular flexibility index (Phi) is 8.68. The smallest absolute Gasteiger partial charge is 0.241 e. The Morgan fingerprint density at radius 2 is 1.95 bits per heavy atom. The predicted octanol–water partition coefficient (Wildman–Crippen LogP) is 4.50. The molecule has 0 radical (unpaired) electrons. The highest BCUT2D eigenvalue weighted by atomic mass is 32.2. The van der Waals surface area contributed by atoms with Crippen molar-refractivity contribution in [3.05, 3.63) is 65.0 Å². The van der Waals surface area contributed by atoms with E-state index in [1.807, 2.05) is 32.9 Å². The summed E-state index contributed by atoms with van der Waals surface area (Å²) >= 11 is 0. The number of methoxy groups -OCH3 is 1. The van der Waals surface area contributed by atoms with Gasteiger partial charge in [0, 0.05) is 13.7 Å². The van der Waals surface area contributed by atoms with Gasteiger partial charge >= 0.3 is 0 Å². The third-order valence-corrected chi connectivity index (χ3v) is 9.04. The first kappa shape index (κ1) is 28.4. The molecule has 7 nitrogen and oxygen atoms in total. The summed E-state index contributed by atoms with van der Waals surface area (Å²) in [6, 6.07) is 13.6. The number of amides is 1. The Morgan fingerprint density at radius 3 is 2.58 bits per heavy atom. The maximum atomic E-state index is 15.1. The van der Waals surface area contributed by atoms with E-state index >= 15 is 4.39 Å². The van der Waals surface area contributed by atoms with Crippen LogP contribution in [-0.2, 0) is 26.1 Å². The molecule has 1 aliphatic carbocycles. The first-order valence-corrected chi connectivity index (χ1v) is 14.3. The quantitative estimate of drug-likeness (QED) is 0.412. The van der Waals surface area contributed by atoms with Crippen LogP contribution in [0.25, 0.3) is 0 Å². The van der Waals surface area contributed by atoms with Gasteiger partial charge in [0.15, 0.2) is 0 Å². The van der Waals surface area contributed by atoms with Crippen LogP contribution < -0.4 is 15.4 Å². The van der Waals surface area contributed by atoms with E-state index in [2.05, 4.69) is 21.4 Å². The predicted molar refractivity (Wildman–Crippen MR) is 147 cm³/mol. The fourth-order valence-corrected chi connectivity index (χ4v) is 5.77. The van der Waals surface area contributed by atoms with Crippen LogP contribution >= 0.6 is 0 Å². The second kappa shape index (κ2) is 11.6. The molecule has 1 saturated carbocycles. The molecule has 0 spiro atoms. The van der Waals surface area contributed by atoms with Crippen molar-refractivity contribution >= 4 is 22.6 Å². The molecule has 204 valence electrons. The lowest BCUT2D eigenvalue weighted by Gasteiger charge is -2.38. The average Bonchev–Trinajstić information content (AvgIpc) is 3.60. The van der Waals surface area contributed by atoms with Crippen molar-refractivity contribution < 1.29 is 18.1 Å². The van der Waals surface area contributed by atoms with Crippen LogP contribution in [0.4, 0.5) is 10.1 Å². The van der Waals surface area contributed by atoms with Crippen molar-refractivity contribution in [1.82, 2.24) is 10.0 Å². The molecule has 1 saturated heterocycles. The number of rotatable bonds is 10. The van der Waals surface area contributed by atoms with Gasteiger partial charge in [0.25, 0.3) is 0 Å². The minimum atomic E-state index is -1.48. The lowest BCUT2D eigenvalue weighted by molar-refractivity contribution is -0.118. The standard InChI is InChI=1S/C29H37FN4O3S/c1-28(2,3)38(36)34-29(13-12-19-8-9-19,21-7-5-6-20(14-21)17-31)22-10-11-24(30)25(15-22)33-27(35)26-16-23(37-4)18-32-26/h5-7,10-11,14-15,19,23,26,32,34H,8-9,12-13,16,18H2,1-4H3,(H,33,35)/t23-,26-,29?,38?/m1/s1. The number of carbonyl (C=O) groups is 1. The molecule has 9 heteroatoms. The fraction of sp³-hybridized carbons (Fsp3) is 0.517. The van der Waals surface area contributed by atoms with Gasteiger partial charge < -0.3 is 15.4 Å². The highest BCUT2D eigenvalue weighted by Gasteiger charge is 2.40. The van der Waals surface area contributed by atoms with Gasteiger partial charge in [0.2, 0.25) is 5.91 Å². The Labute approximate surface area is 227 Å². The molecule has 1 heterocycles. The first-order valence-electron chi connectivity index (χ1n) is 13.1. The van der Waals surface area contributed by atoms with E-state index in [0.29, 0.717) is 36.4 Å². The molecule has 0 bridgehead atoms. The number of halogens is 1. The van der Waals surface area contributed by atoms with Crippen LogP contribution in [0.5, 0.6) is 0 Å². The summed E-state index contributed by atoms with van der Waals surface area (Å²) < 4.78 is 36.8. The number of anilines is 1. The van der Waals surface area contributed by atoms with Crippen molar-refractivity contribution in [2.75, 3.05) is 19.0 Å². The number of nitrogens with one attached hydrogen (secondary N) is 3. The normalized spacial score (nSPS) is 21.9. The summed E-state index contributed by atoms with van der Waals surface area (Å²) in [4.78, 5) is 13.0. The van der Waals surface area contributed by atoms with Crippen LogP contribution in [0.1, 0.15) is 69.6 Å². The SMILES string of the molecule is CO[C@H]1CN[C@@H](C(=O)Nc2cc(C(CCC3CC3)(NS(=O)C(C)(C)C)c3cccc(C#N)c3)ccc2F)C1. The molecule has 0 aromatic heterocycles. The number of hydrogen-bond acceptors (Lipinski definition) is 5. The molecule has 38 heavy (non-hydrogen) atoms. The summed E-state index contributed by atoms with van der Waals surface area (Å²) in [5.74, 6) is -0.302. The highest BCUT2D eigenvalue weighted by molar-refractivity contribution is 7.84. The molecule has 1 amide bonds. The summed E-state index contributed by atoms with van der Waals surface area (Å²) in [6.07, 6.45) is 4.22. The van der Waals surface area contributed by atoms with Gasteiger partial charge in [-0.25, -0.2) is 13.3 Å². The maximum Gasteiger partial charge on any atom is 0.241 e. The minimum absolute atomic E-state index is 0.0609. The highest BCUT2D eigenvalue weighted by Crippen LogP contribution is 2.43. The molecular formula is C29H37FN4O3S. The summed E-state index contributed by atoms with van der Waals surface area (Å²) in [5.41, 5.74) is 1.03. The Bertz CT molecular complexity index is 1240. The number of nitriles is 1. The number of carbonyl (C=O) groups excluding carboxylic acids is 1. The minimum Gasteiger partial charge on any atom is -0.380 e. The lowest BCUT2D eigenvalue weighted by Crippen LogP contribution is -2.49. The molecule has 2 aromatic carbocycles. The van der Waals surface area contributed by atoms with Gasteiger partial charge in [-0.1, -0.05) is 31.0 Å². The third-order valence-electron chi connectivity index (χ3n) is 7.39. The lowest BCUT2D eigenvalue weighted by atomic mass is 9.79. The zero-order valence-corrected chi connectivity index (χ0v) is 23.3. The summed E-state index contributed by atoms with van der Waals surface area (Å²) in [5, 5.41) is 15.5. The van der Waals surface area contributed by atoms with Crippen LogP contribution in [-0.4, -0.2) is 40.7 Å². The number of benzene rings is 2. The van der Waals surface area contributed by atoms with Gasteiger partial charge in [0.1, 0.15) is 5.82 Å². The Balaban J connectivity index is 1.77. The van der Waals surface area contributed by atoms with Crippen molar-refractivity contribution in [2.24, 2.45) is 5.92 Å². The van der Waals surface area contributed by atoms with Crippen molar-refractivity contribution in [3.8, 4) is 6.07 Å². The average molecular weight is 541 g/mol. The molecule has 4 rings (SSSR count). The van der Waals surface area contributed by atoms with Gasteiger partial charge in [-0.2, -0.15) is 5.26 Å².